The molecule has 1 aromatic carbocycles. The highest BCUT2D eigenvalue weighted by atomic mass is 32.1. The topological polar surface area (TPSA) is 92.3 Å². The van der Waals surface area contributed by atoms with Crippen molar-refractivity contribution in [2.75, 3.05) is 5.06 Å². The van der Waals surface area contributed by atoms with E-state index >= 15 is 0 Å². The zero-order chi connectivity index (χ0) is 16.4. The Morgan fingerprint density at radius 3 is 3.09 bits per heavy atom. The number of thiazole rings is 1. The molecule has 0 radical (unpaired) electrons. The number of anilines is 1. The summed E-state index contributed by atoms with van der Waals surface area (Å²) in [5.41, 5.74) is 9.06. The van der Waals surface area contributed by atoms with Crippen LogP contribution in [0.5, 0.6) is 0 Å². The number of nitrogens with one attached hydrogen (secondary N) is 1. The van der Waals surface area contributed by atoms with Gasteiger partial charge in [-0.1, -0.05) is 41.2 Å². The van der Waals surface area contributed by atoms with Crippen LogP contribution in [0.25, 0.3) is 0 Å². The molecule has 1 heterocycles. The third-order valence-electron chi connectivity index (χ3n) is 3.98. The van der Waals surface area contributed by atoms with Gasteiger partial charge in [0.1, 0.15) is 0 Å². The zero-order valence-electron chi connectivity index (χ0n) is 12.8. The van der Waals surface area contributed by atoms with Crippen molar-refractivity contribution in [3.8, 4) is 0 Å². The third-order valence-corrected chi connectivity index (χ3v) is 5.07. The van der Waals surface area contributed by atoms with Gasteiger partial charge in [0.2, 0.25) is 11.1 Å². The van der Waals surface area contributed by atoms with Gasteiger partial charge in [0, 0.05) is 4.88 Å². The summed E-state index contributed by atoms with van der Waals surface area (Å²) in [6.07, 6.45) is 2.81. The Bertz CT molecular complexity index is 743. The highest BCUT2D eigenvalue weighted by Crippen LogP contribution is 2.38. The van der Waals surface area contributed by atoms with E-state index in [2.05, 4.69) is 36.2 Å². The van der Waals surface area contributed by atoms with Crippen LogP contribution in [0.1, 0.15) is 34.0 Å². The first-order valence-corrected chi connectivity index (χ1v) is 8.20. The van der Waals surface area contributed by atoms with E-state index in [4.69, 9.17) is 16.0 Å². The number of hydrogen-bond acceptors (Lipinski definition) is 5. The molecule has 1 aromatic heterocycles. The molecule has 1 aliphatic carbocycles. The fourth-order valence-electron chi connectivity index (χ4n) is 2.90. The van der Waals surface area contributed by atoms with Crippen molar-refractivity contribution in [2.45, 2.75) is 32.1 Å². The molecule has 3 rings (SSSR count). The first kappa shape index (κ1) is 15.5. The van der Waals surface area contributed by atoms with E-state index in [1.807, 2.05) is 0 Å². The summed E-state index contributed by atoms with van der Waals surface area (Å²) in [5.74, 6) is 0.104. The van der Waals surface area contributed by atoms with Crippen LogP contribution in [0.2, 0.25) is 0 Å². The Morgan fingerprint density at radius 1 is 1.57 bits per heavy atom. The Labute approximate surface area is 138 Å². The van der Waals surface area contributed by atoms with Crippen molar-refractivity contribution in [3.05, 3.63) is 46.0 Å². The zero-order valence-corrected chi connectivity index (χ0v) is 13.6. The summed E-state index contributed by atoms with van der Waals surface area (Å²) < 4.78 is 0. The van der Waals surface area contributed by atoms with Crippen LogP contribution in [0.4, 0.5) is 5.13 Å². The van der Waals surface area contributed by atoms with Crippen molar-refractivity contribution in [1.82, 2.24) is 4.98 Å². The number of nitrogens with zero attached hydrogens (tertiary/aromatic N) is 2. The standard InChI is InChI=1S/C16H18N4O2S/c1-10-3-2-4-11(7-10)12-5-6-13-14(8-12)23-16(19-13)20(15(17)18)22-9-21/h2-4,7,9,12H,5-6,8H2,1H3,(H3,17,18). The van der Waals surface area contributed by atoms with E-state index in [9.17, 15) is 4.79 Å². The highest BCUT2D eigenvalue weighted by Gasteiger charge is 2.26. The van der Waals surface area contributed by atoms with Gasteiger partial charge in [-0.2, -0.15) is 0 Å². The second-order valence-corrected chi connectivity index (χ2v) is 6.66. The number of rotatable bonds is 4. The molecule has 0 bridgehead atoms. The quantitative estimate of drug-likeness (QED) is 0.389. The van der Waals surface area contributed by atoms with Crippen molar-refractivity contribution in [3.63, 3.8) is 0 Å². The second kappa shape index (κ2) is 6.37. The predicted octanol–water partition coefficient (Wildman–Crippen LogP) is 2.51. The molecule has 2 aromatic rings. The van der Waals surface area contributed by atoms with Gasteiger partial charge in [-0.05, 0) is 37.7 Å². The van der Waals surface area contributed by atoms with Crippen LogP contribution in [0.3, 0.4) is 0 Å². The monoisotopic (exact) mass is 330 g/mol. The van der Waals surface area contributed by atoms with E-state index < -0.39 is 0 Å². The van der Waals surface area contributed by atoms with Crippen LogP contribution in [0.15, 0.2) is 24.3 Å². The molecule has 7 heteroatoms. The molecular formula is C16H18N4O2S. The lowest BCUT2D eigenvalue weighted by atomic mass is 9.85. The number of aryl methyl sites for hydroxylation is 2. The Morgan fingerprint density at radius 2 is 2.39 bits per heavy atom. The van der Waals surface area contributed by atoms with Gasteiger partial charge >= 0.3 is 6.47 Å². The molecular weight excluding hydrogens is 312 g/mol. The van der Waals surface area contributed by atoms with Gasteiger partial charge in [-0.15, -0.1) is 5.06 Å². The lowest BCUT2D eigenvalue weighted by molar-refractivity contribution is -0.128. The largest absolute Gasteiger partial charge is 0.367 e. The van der Waals surface area contributed by atoms with Crippen molar-refractivity contribution >= 4 is 28.9 Å². The number of carbonyl (C=O) groups excluding carboxylic acids is 1. The number of hydroxylamine groups is 1. The van der Waals surface area contributed by atoms with Gasteiger partial charge in [-0.25, -0.2) is 4.98 Å². The fraction of sp³-hybridized carbons (Fsp3) is 0.312. The summed E-state index contributed by atoms with van der Waals surface area (Å²) in [6, 6.07) is 8.59. The summed E-state index contributed by atoms with van der Waals surface area (Å²) >= 11 is 1.42. The summed E-state index contributed by atoms with van der Waals surface area (Å²) in [7, 11) is 0. The molecule has 23 heavy (non-hydrogen) atoms. The summed E-state index contributed by atoms with van der Waals surface area (Å²) in [6.45, 7) is 2.35. The summed E-state index contributed by atoms with van der Waals surface area (Å²) in [5, 5.41) is 8.87. The van der Waals surface area contributed by atoms with Gasteiger partial charge in [0.25, 0.3) is 0 Å². The van der Waals surface area contributed by atoms with E-state index in [0.29, 0.717) is 11.0 Å². The average Bonchev–Trinajstić information content (AvgIpc) is 2.94. The lowest BCUT2D eigenvalue weighted by Gasteiger charge is -2.21. The first-order chi connectivity index (χ1) is 11.1. The number of fused-ring (bicyclic) bond motifs is 1. The highest BCUT2D eigenvalue weighted by molar-refractivity contribution is 7.15. The van der Waals surface area contributed by atoms with Crippen LogP contribution < -0.4 is 10.8 Å². The van der Waals surface area contributed by atoms with Crippen LogP contribution in [-0.2, 0) is 22.5 Å². The third kappa shape index (κ3) is 3.19. The summed E-state index contributed by atoms with van der Waals surface area (Å²) in [4.78, 5) is 21.0. The minimum absolute atomic E-state index is 0.247. The molecule has 0 spiro atoms. The molecule has 0 amide bonds. The van der Waals surface area contributed by atoms with E-state index in [-0.39, 0.29) is 12.4 Å². The number of carbonyl (C=O) groups is 1. The van der Waals surface area contributed by atoms with Crippen molar-refractivity contribution in [2.24, 2.45) is 5.73 Å². The van der Waals surface area contributed by atoms with Crippen molar-refractivity contribution < 1.29 is 9.63 Å². The molecule has 1 aliphatic rings. The molecule has 3 N–H and O–H groups in total. The number of hydrogen-bond donors (Lipinski definition) is 2. The predicted molar refractivity (Wildman–Crippen MR) is 89.6 cm³/mol. The molecule has 1 unspecified atom stereocenters. The Kier molecular flexibility index (Phi) is 4.29. The maximum absolute atomic E-state index is 10.6. The number of nitrogens with two attached hydrogens (primary N) is 1. The van der Waals surface area contributed by atoms with Crippen LogP contribution >= 0.6 is 11.3 Å². The minimum atomic E-state index is -0.363. The van der Waals surface area contributed by atoms with E-state index in [0.717, 1.165) is 30.0 Å². The van der Waals surface area contributed by atoms with E-state index in [1.165, 1.54) is 27.3 Å². The van der Waals surface area contributed by atoms with Gasteiger partial charge in [0.15, 0.2) is 0 Å². The van der Waals surface area contributed by atoms with Gasteiger partial charge < -0.3 is 10.6 Å². The maximum atomic E-state index is 10.6. The van der Waals surface area contributed by atoms with Gasteiger partial charge in [-0.3, -0.25) is 10.2 Å². The molecule has 0 saturated heterocycles. The second-order valence-electron chi connectivity index (χ2n) is 5.60. The molecule has 6 nitrogen and oxygen atoms in total. The van der Waals surface area contributed by atoms with Crippen LogP contribution in [-0.4, -0.2) is 17.4 Å². The van der Waals surface area contributed by atoms with Gasteiger partial charge in [0.05, 0.1) is 5.69 Å². The Hall–Kier alpha value is -2.41. The lowest BCUT2D eigenvalue weighted by Crippen LogP contribution is -2.36. The maximum Gasteiger partial charge on any atom is 0.321 e. The molecule has 120 valence electrons. The van der Waals surface area contributed by atoms with Crippen LogP contribution in [0, 0.1) is 12.3 Å². The average molecular weight is 330 g/mol. The number of guanidine groups is 1. The molecule has 1 atom stereocenters. The number of aromatic nitrogens is 1. The SMILES string of the molecule is Cc1cccc(C2CCc3nc(N(OC=O)C(=N)N)sc3C2)c1. The normalized spacial score (nSPS) is 16.5. The molecule has 0 fully saturated rings. The smallest absolute Gasteiger partial charge is 0.321 e. The van der Waals surface area contributed by atoms with Crippen molar-refractivity contribution in [1.29, 1.82) is 5.41 Å². The fourth-order valence-corrected chi connectivity index (χ4v) is 4.06. The first-order valence-electron chi connectivity index (χ1n) is 7.38. The number of benzene rings is 1. The minimum Gasteiger partial charge on any atom is -0.367 e. The van der Waals surface area contributed by atoms with E-state index in [1.54, 1.807) is 0 Å². The molecule has 0 saturated carbocycles. The Balaban J connectivity index is 1.84. The molecule has 0 aliphatic heterocycles.